The van der Waals surface area contributed by atoms with Crippen LogP contribution in [0.4, 0.5) is 0 Å². The molecule has 1 saturated heterocycles. The fraction of sp³-hybridized carbons (Fsp3) is 0.600. The summed E-state index contributed by atoms with van der Waals surface area (Å²) in [6.07, 6.45) is 2.57. The number of rotatable bonds is 4. The van der Waals surface area contributed by atoms with Gasteiger partial charge in [-0.1, -0.05) is 32.0 Å². The topological polar surface area (TPSA) is 21.3 Å². The minimum atomic E-state index is 0. The molecule has 1 aromatic rings. The highest BCUT2D eigenvalue weighted by Gasteiger charge is 2.14. The zero-order valence-corrected chi connectivity index (χ0v) is 12.1. The van der Waals surface area contributed by atoms with Gasteiger partial charge >= 0.3 is 0 Å². The van der Waals surface area contributed by atoms with Crippen molar-refractivity contribution in [3.63, 3.8) is 0 Å². The quantitative estimate of drug-likeness (QED) is 0.902. The minimum absolute atomic E-state index is 0. The maximum atomic E-state index is 6.00. The van der Waals surface area contributed by atoms with E-state index in [1.807, 2.05) is 0 Å². The molecule has 0 radical (unpaired) electrons. The van der Waals surface area contributed by atoms with Crippen molar-refractivity contribution in [1.82, 2.24) is 5.32 Å². The Hall–Kier alpha value is -0.730. The number of hydrogen-bond donors (Lipinski definition) is 1. The van der Waals surface area contributed by atoms with Crippen LogP contribution < -0.4 is 10.1 Å². The van der Waals surface area contributed by atoms with E-state index < -0.39 is 0 Å². The molecule has 1 atom stereocenters. The zero-order chi connectivity index (χ0) is 12.1. The molecular weight excluding hydrogens is 246 g/mol. The number of piperidine rings is 1. The summed E-state index contributed by atoms with van der Waals surface area (Å²) in [6, 6.07) is 8.40. The highest BCUT2D eigenvalue weighted by Crippen LogP contribution is 2.26. The molecule has 2 nitrogen and oxygen atoms in total. The molecule has 1 aromatic carbocycles. The molecule has 1 N–H and O–H groups in total. The Balaban J connectivity index is 0.00000162. The summed E-state index contributed by atoms with van der Waals surface area (Å²) in [7, 11) is 0. The Morgan fingerprint density at radius 3 is 2.78 bits per heavy atom. The van der Waals surface area contributed by atoms with E-state index in [0.717, 1.165) is 18.9 Å². The highest BCUT2D eigenvalue weighted by molar-refractivity contribution is 5.85. The van der Waals surface area contributed by atoms with Gasteiger partial charge in [-0.3, -0.25) is 0 Å². The van der Waals surface area contributed by atoms with Gasteiger partial charge in [0.05, 0.1) is 6.61 Å². The predicted octanol–water partition coefficient (Wildman–Crippen LogP) is 3.61. The molecule has 0 aliphatic carbocycles. The third-order valence-corrected chi connectivity index (χ3v) is 3.41. The minimum Gasteiger partial charge on any atom is -0.493 e. The summed E-state index contributed by atoms with van der Waals surface area (Å²) >= 11 is 0. The molecule has 1 heterocycles. The van der Waals surface area contributed by atoms with Crippen molar-refractivity contribution in [3.8, 4) is 5.75 Å². The zero-order valence-electron chi connectivity index (χ0n) is 11.3. The Morgan fingerprint density at radius 2 is 2.11 bits per heavy atom. The summed E-state index contributed by atoms with van der Waals surface area (Å²) in [5, 5.41) is 3.43. The average molecular weight is 270 g/mol. The molecule has 1 fully saturated rings. The molecule has 0 amide bonds. The lowest BCUT2D eigenvalue weighted by molar-refractivity contribution is 0.216. The van der Waals surface area contributed by atoms with E-state index in [9.17, 15) is 0 Å². The van der Waals surface area contributed by atoms with Crippen LogP contribution in [0.1, 0.15) is 38.2 Å². The van der Waals surface area contributed by atoms with Crippen molar-refractivity contribution in [2.75, 3.05) is 19.7 Å². The van der Waals surface area contributed by atoms with E-state index in [2.05, 4.69) is 43.4 Å². The summed E-state index contributed by atoms with van der Waals surface area (Å²) in [5.74, 6) is 2.26. The van der Waals surface area contributed by atoms with Gasteiger partial charge in [-0.25, -0.2) is 0 Å². The van der Waals surface area contributed by atoms with Crippen molar-refractivity contribution in [1.29, 1.82) is 0 Å². The van der Waals surface area contributed by atoms with Gasteiger partial charge in [0.1, 0.15) is 5.75 Å². The number of ether oxygens (including phenoxy) is 1. The van der Waals surface area contributed by atoms with E-state index >= 15 is 0 Å². The first-order valence-corrected chi connectivity index (χ1v) is 6.70. The molecule has 1 aliphatic heterocycles. The largest absolute Gasteiger partial charge is 0.493 e. The van der Waals surface area contributed by atoms with Crippen LogP contribution >= 0.6 is 12.4 Å². The van der Waals surface area contributed by atoms with Gasteiger partial charge in [-0.15, -0.1) is 12.4 Å². The lowest BCUT2D eigenvalue weighted by atomic mass is 10.00. The molecule has 102 valence electrons. The predicted molar refractivity (Wildman–Crippen MR) is 78.9 cm³/mol. The Labute approximate surface area is 117 Å². The first-order chi connectivity index (χ1) is 8.27. The molecule has 0 spiro atoms. The Kier molecular flexibility index (Phi) is 6.51. The van der Waals surface area contributed by atoms with Gasteiger partial charge in [0, 0.05) is 12.5 Å². The fourth-order valence-corrected chi connectivity index (χ4v) is 2.36. The van der Waals surface area contributed by atoms with Crippen LogP contribution in [-0.4, -0.2) is 19.7 Å². The molecule has 18 heavy (non-hydrogen) atoms. The van der Waals surface area contributed by atoms with Crippen molar-refractivity contribution in [2.24, 2.45) is 5.92 Å². The first kappa shape index (κ1) is 15.3. The van der Waals surface area contributed by atoms with Crippen LogP contribution in [0.5, 0.6) is 5.75 Å². The lowest BCUT2D eigenvalue weighted by Gasteiger charge is -2.23. The van der Waals surface area contributed by atoms with E-state index in [1.54, 1.807) is 0 Å². The van der Waals surface area contributed by atoms with Gasteiger partial charge < -0.3 is 10.1 Å². The monoisotopic (exact) mass is 269 g/mol. The highest BCUT2D eigenvalue weighted by atomic mass is 35.5. The Morgan fingerprint density at radius 1 is 1.33 bits per heavy atom. The van der Waals surface area contributed by atoms with Gasteiger partial charge in [0.15, 0.2) is 0 Å². The second-order valence-electron chi connectivity index (χ2n) is 5.22. The molecule has 3 heteroatoms. The van der Waals surface area contributed by atoms with Crippen LogP contribution in [-0.2, 0) is 0 Å². The van der Waals surface area contributed by atoms with Crippen molar-refractivity contribution < 1.29 is 4.74 Å². The second kappa shape index (κ2) is 7.65. The van der Waals surface area contributed by atoms with Crippen LogP contribution in [0.25, 0.3) is 0 Å². The molecule has 0 saturated carbocycles. The maximum absolute atomic E-state index is 6.00. The Bertz CT molecular complexity index is 348. The SMILES string of the molecule is CC(C)c1ccccc1OCC1CCCNC1.Cl. The van der Waals surface area contributed by atoms with Crippen molar-refractivity contribution in [3.05, 3.63) is 29.8 Å². The normalized spacial score (nSPS) is 19.4. The molecule has 0 bridgehead atoms. The fourth-order valence-electron chi connectivity index (χ4n) is 2.36. The number of halogens is 1. The second-order valence-corrected chi connectivity index (χ2v) is 5.22. The summed E-state index contributed by atoms with van der Waals surface area (Å²) in [6.45, 7) is 7.54. The van der Waals surface area contributed by atoms with E-state index in [4.69, 9.17) is 4.74 Å². The average Bonchev–Trinajstić information content (AvgIpc) is 2.38. The van der Waals surface area contributed by atoms with Gasteiger partial charge in [-0.2, -0.15) is 0 Å². The van der Waals surface area contributed by atoms with E-state index in [-0.39, 0.29) is 12.4 Å². The number of para-hydroxylation sites is 1. The van der Waals surface area contributed by atoms with E-state index in [1.165, 1.54) is 24.9 Å². The number of nitrogens with one attached hydrogen (secondary N) is 1. The first-order valence-electron chi connectivity index (χ1n) is 6.70. The summed E-state index contributed by atoms with van der Waals surface area (Å²) in [4.78, 5) is 0. The summed E-state index contributed by atoms with van der Waals surface area (Å²) in [5.41, 5.74) is 1.32. The van der Waals surface area contributed by atoms with Crippen molar-refractivity contribution in [2.45, 2.75) is 32.6 Å². The molecular formula is C15H24ClNO. The third-order valence-electron chi connectivity index (χ3n) is 3.41. The third kappa shape index (κ3) is 4.18. The van der Waals surface area contributed by atoms with Crippen LogP contribution in [0.15, 0.2) is 24.3 Å². The summed E-state index contributed by atoms with van der Waals surface area (Å²) < 4.78 is 6.00. The molecule has 1 unspecified atom stereocenters. The standard InChI is InChI=1S/C15H23NO.ClH/c1-12(2)14-7-3-4-8-15(14)17-11-13-6-5-9-16-10-13;/h3-4,7-8,12-13,16H,5-6,9-11H2,1-2H3;1H. The number of hydrogen-bond acceptors (Lipinski definition) is 2. The molecule has 2 rings (SSSR count). The lowest BCUT2D eigenvalue weighted by Crippen LogP contribution is -2.33. The van der Waals surface area contributed by atoms with Gasteiger partial charge in [0.25, 0.3) is 0 Å². The molecule has 1 aliphatic rings. The van der Waals surface area contributed by atoms with E-state index in [0.29, 0.717) is 11.8 Å². The van der Waals surface area contributed by atoms with Gasteiger partial charge in [0.2, 0.25) is 0 Å². The van der Waals surface area contributed by atoms with Gasteiger partial charge in [-0.05, 0) is 36.9 Å². The van der Waals surface area contributed by atoms with Crippen LogP contribution in [0.3, 0.4) is 0 Å². The van der Waals surface area contributed by atoms with Crippen LogP contribution in [0.2, 0.25) is 0 Å². The molecule has 0 aromatic heterocycles. The number of benzene rings is 1. The van der Waals surface area contributed by atoms with Crippen LogP contribution in [0, 0.1) is 5.92 Å². The van der Waals surface area contributed by atoms with Crippen molar-refractivity contribution >= 4 is 12.4 Å². The smallest absolute Gasteiger partial charge is 0.122 e. The maximum Gasteiger partial charge on any atom is 0.122 e.